The number of fused-ring (bicyclic) bond motifs is 1. The molecule has 0 aliphatic carbocycles. The van der Waals surface area contributed by atoms with E-state index in [1.165, 1.54) is 6.33 Å². The first kappa shape index (κ1) is 23.3. The van der Waals surface area contributed by atoms with Crippen LogP contribution in [0.2, 0.25) is 0 Å². The van der Waals surface area contributed by atoms with Gasteiger partial charge >= 0.3 is 0 Å². The molecule has 0 amide bonds. The van der Waals surface area contributed by atoms with Crippen molar-refractivity contribution in [3.8, 4) is 11.5 Å². The SMILES string of the molecule is COCCOc1cc2ncnc(Nc3ccc(Nc4ccccc4)cc3)c2cc1OCCOC. The van der Waals surface area contributed by atoms with E-state index in [1.54, 1.807) is 14.2 Å². The van der Waals surface area contributed by atoms with Gasteiger partial charge in [-0.2, -0.15) is 0 Å². The third-order valence-electron chi connectivity index (χ3n) is 5.00. The van der Waals surface area contributed by atoms with Gasteiger partial charge in [0.25, 0.3) is 0 Å². The fraction of sp³-hybridized carbons (Fsp3) is 0.231. The Bertz CT molecular complexity index is 1190. The van der Waals surface area contributed by atoms with Gasteiger partial charge in [-0.3, -0.25) is 0 Å². The highest BCUT2D eigenvalue weighted by Gasteiger charge is 2.13. The first-order chi connectivity index (χ1) is 16.8. The van der Waals surface area contributed by atoms with Gasteiger partial charge in [-0.05, 0) is 42.5 Å². The van der Waals surface area contributed by atoms with Gasteiger partial charge in [-0.15, -0.1) is 0 Å². The quantitative estimate of drug-likeness (QED) is 0.280. The highest BCUT2D eigenvalue weighted by atomic mass is 16.5. The van der Waals surface area contributed by atoms with Crippen molar-refractivity contribution in [2.75, 3.05) is 51.3 Å². The lowest BCUT2D eigenvalue weighted by atomic mass is 10.2. The molecule has 34 heavy (non-hydrogen) atoms. The highest BCUT2D eigenvalue weighted by Crippen LogP contribution is 2.35. The third kappa shape index (κ3) is 6.12. The van der Waals surface area contributed by atoms with Gasteiger partial charge < -0.3 is 29.6 Å². The van der Waals surface area contributed by atoms with Crippen molar-refractivity contribution in [1.29, 1.82) is 0 Å². The summed E-state index contributed by atoms with van der Waals surface area (Å²) in [7, 11) is 3.27. The Kier molecular flexibility index (Phi) is 8.10. The van der Waals surface area contributed by atoms with Crippen LogP contribution in [-0.2, 0) is 9.47 Å². The van der Waals surface area contributed by atoms with Gasteiger partial charge in [0.1, 0.15) is 25.4 Å². The summed E-state index contributed by atoms with van der Waals surface area (Å²) in [5.41, 5.74) is 3.68. The van der Waals surface area contributed by atoms with Crippen LogP contribution in [0.15, 0.2) is 73.1 Å². The minimum atomic E-state index is 0.398. The molecular formula is C26H28N4O4. The topological polar surface area (TPSA) is 86.8 Å². The number of anilines is 4. The zero-order valence-corrected chi connectivity index (χ0v) is 19.3. The van der Waals surface area contributed by atoms with Gasteiger partial charge in [0.05, 0.1) is 18.7 Å². The molecule has 4 rings (SSSR count). The average Bonchev–Trinajstić information content (AvgIpc) is 2.86. The molecule has 0 aliphatic heterocycles. The average molecular weight is 461 g/mol. The lowest BCUT2D eigenvalue weighted by molar-refractivity contribution is 0.132. The van der Waals surface area contributed by atoms with Crippen LogP contribution in [0.5, 0.6) is 11.5 Å². The van der Waals surface area contributed by atoms with Crippen LogP contribution < -0.4 is 20.1 Å². The summed E-state index contributed by atoms with van der Waals surface area (Å²) in [6.07, 6.45) is 1.53. The Labute approximate surface area is 198 Å². The van der Waals surface area contributed by atoms with E-state index in [0.717, 1.165) is 28.0 Å². The molecule has 0 radical (unpaired) electrons. The molecule has 4 aromatic rings. The van der Waals surface area contributed by atoms with Crippen molar-refractivity contribution >= 4 is 33.8 Å². The van der Waals surface area contributed by atoms with Crippen molar-refractivity contribution in [3.63, 3.8) is 0 Å². The summed E-state index contributed by atoms with van der Waals surface area (Å²) in [6.45, 7) is 1.74. The second-order valence-corrected chi connectivity index (χ2v) is 7.41. The summed E-state index contributed by atoms with van der Waals surface area (Å²) in [5.74, 6) is 1.87. The van der Waals surface area contributed by atoms with Crippen molar-refractivity contribution in [2.24, 2.45) is 0 Å². The summed E-state index contributed by atoms with van der Waals surface area (Å²) in [5, 5.41) is 7.58. The van der Waals surface area contributed by atoms with Crippen molar-refractivity contribution in [1.82, 2.24) is 9.97 Å². The normalized spacial score (nSPS) is 10.8. The Hall–Kier alpha value is -3.88. The number of methoxy groups -OCH3 is 2. The Morgan fingerprint density at radius 2 is 1.24 bits per heavy atom. The van der Waals surface area contributed by atoms with E-state index in [-0.39, 0.29) is 0 Å². The molecule has 2 N–H and O–H groups in total. The number of hydrogen-bond acceptors (Lipinski definition) is 8. The van der Waals surface area contributed by atoms with Crippen LogP contribution in [0.3, 0.4) is 0 Å². The summed E-state index contributed by atoms with van der Waals surface area (Å²) >= 11 is 0. The second-order valence-electron chi connectivity index (χ2n) is 7.41. The lowest BCUT2D eigenvalue weighted by Crippen LogP contribution is -2.09. The van der Waals surface area contributed by atoms with E-state index >= 15 is 0 Å². The standard InChI is InChI=1S/C26H28N4O4/c1-31-12-14-33-24-16-22-23(17-25(24)34-15-13-32-2)27-18-28-26(22)30-21-10-8-20(9-11-21)29-19-6-4-3-5-7-19/h3-11,16-18,29H,12-15H2,1-2H3,(H,27,28,30). The van der Waals surface area contributed by atoms with Crippen molar-refractivity contribution < 1.29 is 18.9 Å². The molecule has 1 heterocycles. The van der Waals surface area contributed by atoms with E-state index in [0.29, 0.717) is 43.7 Å². The van der Waals surface area contributed by atoms with Gasteiger partial charge in [-0.25, -0.2) is 9.97 Å². The summed E-state index contributed by atoms with van der Waals surface area (Å²) < 4.78 is 22.0. The molecule has 1 aromatic heterocycles. The van der Waals surface area contributed by atoms with Crippen LogP contribution in [0.25, 0.3) is 10.9 Å². The fourth-order valence-electron chi connectivity index (χ4n) is 3.32. The zero-order valence-electron chi connectivity index (χ0n) is 19.3. The molecule has 0 saturated heterocycles. The highest BCUT2D eigenvalue weighted by molar-refractivity contribution is 5.93. The minimum absolute atomic E-state index is 0.398. The first-order valence-corrected chi connectivity index (χ1v) is 11.0. The van der Waals surface area contributed by atoms with Gasteiger partial charge in [0.2, 0.25) is 0 Å². The molecule has 3 aromatic carbocycles. The maximum atomic E-state index is 5.91. The molecule has 8 nitrogen and oxygen atoms in total. The Morgan fingerprint density at radius 1 is 0.647 bits per heavy atom. The fourth-order valence-corrected chi connectivity index (χ4v) is 3.32. The van der Waals surface area contributed by atoms with E-state index in [2.05, 4.69) is 20.6 Å². The van der Waals surface area contributed by atoms with E-state index < -0.39 is 0 Å². The van der Waals surface area contributed by atoms with Crippen LogP contribution in [-0.4, -0.2) is 50.6 Å². The predicted molar refractivity (Wildman–Crippen MR) is 134 cm³/mol. The number of aromatic nitrogens is 2. The first-order valence-electron chi connectivity index (χ1n) is 11.0. The van der Waals surface area contributed by atoms with E-state index in [1.807, 2.05) is 66.7 Å². The summed E-state index contributed by atoms with van der Waals surface area (Å²) in [6, 6.07) is 21.8. The molecule has 0 saturated carbocycles. The zero-order chi connectivity index (χ0) is 23.6. The molecule has 0 spiro atoms. The maximum Gasteiger partial charge on any atom is 0.163 e. The number of nitrogens with one attached hydrogen (secondary N) is 2. The lowest BCUT2D eigenvalue weighted by Gasteiger charge is -2.15. The number of benzene rings is 3. The van der Waals surface area contributed by atoms with Crippen LogP contribution in [0.1, 0.15) is 0 Å². The minimum Gasteiger partial charge on any atom is -0.487 e. The number of para-hydroxylation sites is 1. The predicted octanol–water partition coefficient (Wildman–Crippen LogP) is 5.17. The Balaban J connectivity index is 1.56. The molecule has 0 bridgehead atoms. The molecule has 0 aliphatic rings. The second kappa shape index (κ2) is 11.8. The monoisotopic (exact) mass is 460 g/mol. The Morgan fingerprint density at radius 3 is 1.88 bits per heavy atom. The molecule has 8 heteroatoms. The molecule has 0 fully saturated rings. The van der Waals surface area contributed by atoms with E-state index in [4.69, 9.17) is 18.9 Å². The van der Waals surface area contributed by atoms with Gasteiger partial charge in [0.15, 0.2) is 11.5 Å². The third-order valence-corrected chi connectivity index (χ3v) is 5.00. The van der Waals surface area contributed by atoms with Crippen LogP contribution in [0, 0.1) is 0 Å². The van der Waals surface area contributed by atoms with Crippen LogP contribution >= 0.6 is 0 Å². The van der Waals surface area contributed by atoms with E-state index in [9.17, 15) is 0 Å². The molecule has 0 atom stereocenters. The van der Waals surface area contributed by atoms with Crippen molar-refractivity contribution in [2.45, 2.75) is 0 Å². The molecule has 0 unspecified atom stereocenters. The van der Waals surface area contributed by atoms with Crippen molar-refractivity contribution in [3.05, 3.63) is 73.1 Å². The van der Waals surface area contributed by atoms with Gasteiger partial charge in [0, 0.05) is 42.7 Å². The number of ether oxygens (including phenoxy) is 4. The number of hydrogen-bond donors (Lipinski definition) is 2. The molecular weight excluding hydrogens is 432 g/mol. The number of nitrogens with zero attached hydrogens (tertiary/aromatic N) is 2. The largest absolute Gasteiger partial charge is 0.487 e. The molecule has 176 valence electrons. The number of rotatable bonds is 12. The van der Waals surface area contributed by atoms with Crippen LogP contribution in [0.4, 0.5) is 22.9 Å². The smallest absolute Gasteiger partial charge is 0.163 e. The van der Waals surface area contributed by atoms with Gasteiger partial charge in [-0.1, -0.05) is 18.2 Å². The maximum absolute atomic E-state index is 5.91. The summed E-state index contributed by atoms with van der Waals surface area (Å²) in [4.78, 5) is 8.87.